The maximum absolute atomic E-state index is 13.4. The van der Waals surface area contributed by atoms with Crippen LogP contribution in [0.3, 0.4) is 0 Å². The molecule has 2 amide bonds. The minimum Gasteiger partial charge on any atom is -0.363 e. The van der Waals surface area contributed by atoms with Gasteiger partial charge in [-0.05, 0) is 69.5 Å². The van der Waals surface area contributed by atoms with E-state index in [9.17, 15) is 9.59 Å². The molecule has 0 radical (unpaired) electrons. The Morgan fingerprint density at radius 2 is 1.76 bits per heavy atom. The number of ether oxygens (including phenoxy) is 1. The van der Waals surface area contributed by atoms with Crippen molar-refractivity contribution in [2.24, 2.45) is 0 Å². The summed E-state index contributed by atoms with van der Waals surface area (Å²) in [5, 5.41) is 4.55. The second kappa shape index (κ2) is 9.06. The summed E-state index contributed by atoms with van der Waals surface area (Å²) in [7, 11) is 0. The maximum Gasteiger partial charge on any atom is 0.253 e. The summed E-state index contributed by atoms with van der Waals surface area (Å²) in [5.74, 6) is 0.00204. The molecule has 7 heteroatoms. The predicted molar refractivity (Wildman–Crippen MR) is 130 cm³/mol. The maximum atomic E-state index is 13.4. The molecule has 3 aromatic rings. The largest absolute Gasteiger partial charge is 0.363 e. The summed E-state index contributed by atoms with van der Waals surface area (Å²) in [6.07, 6.45) is 2.35. The highest BCUT2D eigenvalue weighted by Crippen LogP contribution is 2.33. The molecule has 5 rings (SSSR count). The number of hydrogen-bond acceptors (Lipinski definition) is 4. The quantitative estimate of drug-likeness (QED) is 0.597. The van der Waals surface area contributed by atoms with Crippen LogP contribution in [0, 0.1) is 13.8 Å². The number of nitrogens with zero attached hydrogens (tertiary/aromatic N) is 4. The summed E-state index contributed by atoms with van der Waals surface area (Å²) in [6.45, 7) is 5.84. The summed E-state index contributed by atoms with van der Waals surface area (Å²) < 4.78 is 8.01. The van der Waals surface area contributed by atoms with Crippen LogP contribution in [-0.2, 0) is 9.53 Å². The number of carbonyl (C=O) groups is 2. The molecule has 0 bridgehead atoms. The van der Waals surface area contributed by atoms with Gasteiger partial charge < -0.3 is 14.5 Å². The number of benzene rings is 2. The Labute approximate surface area is 199 Å². The first-order valence-corrected chi connectivity index (χ1v) is 11.9. The van der Waals surface area contributed by atoms with Gasteiger partial charge in [-0.25, -0.2) is 4.68 Å². The van der Waals surface area contributed by atoms with Crippen LogP contribution < -0.4 is 4.90 Å². The first kappa shape index (κ1) is 22.3. The molecule has 2 fully saturated rings. The normalized spacial score (nSPS) is 21.1. The first-order chi connectivity index (χ1) is 16.4. The van der Waals surface area contributed by atoms with E-state index in [4.69, 9.17) is 4.74 Å². The van der Waals surface area contributed by atoms with Gasteiger partial charge in [0.2, 0.25) is 0 Å². The third kappa shape index (κ3) is 4.35. The molecule has 2 aliphatic heterocycles. The average molecular weight is 459 g/mol. The van der Waals surface area contributed by atoms with E-state index in [0.717, 1.165) is 35.6 Å². The predicted octanol–water partition coefficient (Wildman–Crippen LogP) is 3.92. The van der Waals surface area contributed by atoms with Crippen molar-refractivity contribution in [1.29, 1.82) is 0 Å². The number of carbonyl (C=O) groups excluding carboxylic acids is 2. The number of aromatic nitrogens is 2. The van der Waals surface area contributed by atoms with Crippen molar-refractivity contribution >= 4 is 17.5 Å². The molecular weight excluding hydrogens is 428 g/mol. The Morgan fingerprint density at radius 3 is 2.53 bits per heavy atom. The van der Waals surface area contributed by atoms with Crippen molar-refractivity contribution in [3.63, 3.8) is 0 Å². The van der Waals surface area contributed by atoms with Crippen molar-refractivity contribution in [3.05, 3.63) is 77.6 Å². The van der Waals surface area contributed by atoms with Crippen LogP contribution in [0.5, 0.6) is 0 Å². The number of anilines is 1. The van der Waals surface area contributed by atoms with Crippen molar-refractivity contribution in [3.8, 4) is 5.69 Å². The smallest absolute Gasteiger partial charge is 0.253 e. The number of aryl methyl sites for hydroxylation is 2. The number of morpholine rings is 1. The zero-order valence-electron chi connectivity index (χ0n) is 19.7. The molecule has 1 spiro atoms. The second-order valence-electron chi connectivity index (χ2n) is 9.32. The minimum atomic E-state index is -0.426. The van der Waals surface area contributed by atoms with E-state index < -0.39 is 5.60 Å². The molecule has 2 aliphatic rings. The molecular formula is C27H30N4O3. The fraction of sp³-hybridized carbons (Fsp3) is 0.370. The van der Waals surface area contributed by atoms with Crippen molar-refractivity contribution in [2.75, 3.05) is 31.1 Å². The molecule has 176 valence electrons. The van der Waals surface area contributed by atoms with Gasteiger partial charge in [0.1, 0.15) is 6.61 Å². The molecule has 2 aromatic carbocycles. The standard InChI is InChI=1S/C27H30N4O3/c1-20-16-21(2)31(28-20)24-11-6-8-22(17-24)26(33)29-14-7-12-27(13-15-29)19-30(25(32)18-34-27)23-9-4-3-5-10-23/h3-6,8-11,16-17H,7,12-15,18-19H2,1-2H3/t27-/m0/s1. The van der Waals surface area contributed by atoms with Gasteiger partial charge in [-0.3, -0.25) is 9.59 Å². The highest BCUT2D eigenvalue weighted by molar-refractivity contribution is 5.95. The number of hydrogen-bond donors (Lipinski definition) is 0. The van der Waals surface area contributed by atoms with E-state index in [1.165, 1.54) is 0 Å². The molecule has 3 heterocycles. The van der Waals surface area contributed by atoms with Crippen LogP contribution >= 0.6 is 0 Å². The van der Waals surface area contributed by atoms with Gasteiger partial charge in [-0.1, -0.05) is 24.3 Å². The fourth-order valence-electron chi connectivity index (χ4n) is 5.07. The highest BCUT2D eigenvalue weighted by atomic mass is 16.5. The van der Waals surface area contributed by atoms with E-state index in [2.05, 4.69) is 5.10 Å². The molecule has 0 aliphatic carbocycles. The Balaban J connectivity index is 1.31. The molecule has 1 atom stereocenters. The van der Waals surface area contributed by atoms with E-state index in [1.54, 1.807) is 0 Å². The lowest BCUT2D eigenvalue weighted by molar-refractivity contribution is -0.140. The number of para-hydroxylation sites is 1. The van der Waals surface area contributed by atoms with Gasteiger partial charge in [-0.2, -0.15) is 5.10 Å². The van der Waals surface area contributed by atoms with Crippen LogP contribution in [0.25, 0.3) is 5.69 Å². The lowest BCUT2D eigenvalue weighted by atomic mass is 9.92. The van der Waals surface area contributed by atoms with Crippen LogP contribution in [0.15, 0.2) is 60.7 Å². The molecule has 0 N–H and O–H groups in total. The summed E-state index contributed by atoms with van der Waals surface area (Å²) >= 11 is 0. The summed E-state index contributed by atoms with van der Waals surface area (Å²) in [4.78, 5) is 29.7. The molecule has 2 saturated heterocycles. The highest BCUT2D eigenvalue weighted by Gasteiger charge is 2.42. The van der Waals surface area contributed by atoms with Crippen molar-refractivity contribution in [2.45, 2.75) is 38.7 Å². The Kier molecular flexibility index (Phi) is 5.96. The van der Waals surface area contributed by atoms with Crippen LogP contribution in [-0.4, -0.2) is 58.3 Å². The summed E-state index contributed by atoms with van der Waals surface area (Å²) in [6, 6.07) is 19.4. The molecule has 0 unspecified atom stereocenters. The van der Waals surface area contributed by atoms with Gasteiger partial charge in [0.15, 0.2) is 0 Å². The lowest BCUT2D eigenvalue weighted by Gasteiger charge is -2.42. The van der Waals surface area contributed by atoms with Crippen molar-refractivity contribution in [1.82, 2.24) is 14.7 Å². The van der Waals surface area contributed by atoms with Crippen LogP contribution in [0.4, 0.5) is 5.69 Å². The topological polar surface area (TPSA) is 67.7 Å². The fourth-order valence-corrected chi connectivity index (χ4v) is 5.07. The molecule has 34 heavy (non-hydrogen) atoms. The monoisotopic (exact) mass is 458 g/mol. The van der Waals surface area contributed by atoms with Gasteiger partial charge in [0.25, 0.3) is 11.8 Å². The number of rotatable bonds is 3. The Bertz CT molecular complexity index is 1210. The van der Waals surface area contributed by atoms with Gasteiger partial charge >= 0.3 is 0 Å². The van der Waals surface area contributed by atoms with E-state index in [0.29, 0.717) is 31.6 Å². The minimum absolute atomic E-state index is 0.0185. The second-order valence-corrected chi connectivity index (χ2v) is 9.32. The van der Waals surface area contributed by atoms with Crippen molar-refractivity contribution < 1.29 is 14.3 Å². The van der Waals surface area contributed by atoms with Crippen LogP contribution in [0.1, 0.15) is 41.0 Å². The number of likely N-dealkylation sites (tertiary alicyclic amines) is 1. The van der Waals surface area contributed by atoms with Gasteiger partial charge in [0.05, 0.1) is 23.5 Å². The van der Waals surface area contributed by atoms with Gasteiger partial charge in [-0.15, -0.1) is 0 Å². The van der Waals surface area contributed by atoms with E-state index in [1.807, 2.05) is 89.0 Å². The zero-order chi connectivity index (χ0) is 23.7. The lowest BCUT2D eigenvalue weighted by Crippen LogP contribution is -2.55. The van der Waals surface area contributed by atoms with Gasteiger partial charge in [0, 0.05) is 30.0 Å². The van der Waals surface area contributed by atoms with Crippen LogP contribution in [0.2, 0.25) is 0 Å². The Morgan fingerprint density at radius 1 is 0.971 bits per heavy atom. The Hall–Kier alpha value is -3.45. The molecule has 7 nitrogen and oxygen atoms in total. The zero-order valence-corrected chi connectivity index (χ0v) is 19.7. The first-order valence-electron chi connectivity index (χ1n) is 11.9. The van der Waals surface area contributed by atoms with E-state index in [-0.39, 0.29) is 18.4 Å². The third-order valence-electron chi connectivity index (χ3n) is 6.85. The van der Waals surface area contributed by atoms with E-state index >= 15 is 0 Å². The molecule has 0 saturated carbocycles. The third-order valence-corrected chi connectivity index (χ3v) is 6.85. The SMILES string of the molecule is Cc1cc(C)n(-c2cccc(C(=O)N3CCC[C@]4(CC3)CN(c3ccccc3)C(=O)CO4)c2)n1. The summed E-state index contributed by atoms with van der Waals surface area (Å²) in [5.41, 5.74) is 3.99. The number of amides is 2. The molecule has 1 aromatic heterocycles. The average Bonchev–Trinajstić information content (AvgIpc) is 3.07.